The zero-order chi connectivity index (χ0) is 52.3. The van der Waals surface area contributed by atoms with Crippen LogP contribution in [0.15, 0.2) is 54.6 Å². The molecule has 0 saturated carbocycles. The lowest BCUT2D eigenvalue weighted by Gasteiger charge is -2.42. The number of aromatic nitrogens is 2. The number of alkyl carbamates (subject to hydrolysis) is 2. The molecule has 4 fully saturated rings. The van der Waals surface area contributed by atoms with E-state index in [2.05, 4.69) is 38.3 Å². The van der Waals surface area contributed by atoms with Crippen molar-refractivity contribution in [3.8, 4) is 0 Å². The van der Waals surface area contributed by atoms with E-state index in [-0.39, 0.29) is 29.6 Å². The number of rotatable bonds is 15. The number of halogens is 2. The van der Waals surface area contributed by atoms with E-state index in [1.807, 2.05) is 35.2 Å². The normalized spacial score (nSPS) is 22.9. The van der Waals surface area contributed by atoms with Crippen LogP contribution >= 0.6 is 10.0 Å². The number of carbonyl (C=O) groups is 5. The number of hydrogen-bond acceptors (Lipinski definition) is 12. The number of benzene rings is 3. The molecule has 0 aliphatic carbocycles. The van der Waals surface area contributed by atoms with E-state index in [4.69, 9.17) is 23.9 Å². The van der Waals surface area contributed by atoms with E-state index in [0.29, 0.717) is 81.0 Å². The van der Waals surface area contributed by atoms with Gasteiger partial charge < -0.3 is 59.5 Å². The van der Waals surface area contributed by atoms with Gasteiger partial charge in [0, 0.05) is 51.8 Å². The molecule has 0 spiro atoms. The summed E-state index contributed by atoms with van der Waals surface area (Å²) in [6.07, 6.45) is 5.34. The van der Waals surface area contributed by atoms with Gasteiger partial charge in [-0.3, -0.25) is 14.4 Å². The molecule has 21 heteroatoms. The van der Waals surface area contributed by atoms with Crippen molar-refractivity contribution in [2.45, 2.75) is 101 Å². The molecular formula is C52H69F2N9O9S. The first-order valence-corrected chi connectivity index (χ1v) is 27.7. The molecule has 4 aliphatic rings. The second kappa shape index (κ2) is 22.5. The van der Waals surface area contributed by atoms with Crippen LogP contribution in [0.25, 0.3) is 11.0 Å². The molecule has 73 heavy (non-hydrogen) atoms. The predicted octanol–water partition coefficient (Wildman–Crippen LogP) is 6.92. The summed E-state index contributed by atoms with van der Waals surface area (Å²) in [5.41, 5.74) is 4.08. The number of amides is 5. The maximum atomic E-state index is 16.5. The number of hydrogen-bond donors (Lipinski definition) is 4. The van der Waals surface area contributed by atoms with Gasteiger partial charge in [0.1, 0.15) is 29.6 Å². The molecule has 1 aromatic heterocycles. The van der Waals surface area contributed by atoms with Crippen molar-refractivity contribution in [1.82, 2.24) is 30.4 Å². The number of aromatic amines is 1. The molecule has 0 bridgehead atoms. The van der Waals surface area contributed by atoms with E-state index in [0.717, 1.165) is 34.6 Å². The number of ether oxygens (including phenoxy) is 4. The molecule has 4 aromatic rings. The summed E-state index contributed by atoms with van der Waals surface area (Å²) in [6, 6.07) is 12.3. The van der Waals surface area contributed by atoms with Gasteiger partial charge in [0.2, 0.25) is 17.7 Å². The fraction of sp³-hybridized carbons (Fsp3) is 0.538. The number of fused-ring (bicyclic) bond motifs is 1. The summed E-state index contributed by atoms with van der Waals surface area (Å²) < 4.78 is 53.4. The first kappa shape index (κ1) is 53.1. The van der Waals surface area contributed by atoms with Crippen LogP contribution in [0, 0.1) is 11.6 Å². The first-order chi connectivity index (χ1) is 34.9. The lowest BCUT2D eigenvalue weighted by Crippen LogP contribution is -2.56. The highest BCUT2D eigenvalue weighted by Crippen LogP contribution is 2.49. The van der Waals surface area contributed by atoms with Crippen LogP contribution in [0.3, 0.4) is 0 Å². The van der Waals surface area contributed by atoms with Crippen LogP contribution < -0.4 is 25.8 Å². The lowest BCUT2D eigenvalue weighted by atomic mass is 10.0. The molecular weight excluding hydrogens is 965 g/mol. The van der Waals surface area contributed by atoms with Gasteiger partial charge in [-0.15, -0.1) is 0 Å². The van der Waals surface area contributed by atoms with E-state index in [1.165, 1.54) is 45.5 Å². The van der Waals surface area contributed by atoms with Crippen LogP contribution in [0.4, 0.5) is 35.4 Å². The Hall–Kier alpha value is -6.19. The van der Waals surface area contributed by atoms with Gasteiger partial charge in [0.15, 0.2) is 11.6 Å². The fourth-order valence-electron chi connectivity index (χ4n) is 10.8. The average molecular weight is 1030 g/mol. The average Bonchev–Trinajstić information content (AvgIpc) is 4.23. The minimum absolute atomic E-state index is 0.00745. The number of methoxy groups -OCH3 is 4. The van der Waals surface area contributed by atoms with Crippen LogP contribution in [-0.4, -0.2) is 159 Å². The zero-order valence-electron chi connectivity index (χ0n) is 42.9. The molecule has 4 N–H and O–H groups in total. The number of nitrogens with zero attached hydrogens (tertiary/aromatic N) is 5. The topological polar surface area (TPSA) is 200 Å². The fourth-order valence-corrected chi connectivity index (χ4v) is 12.4. The molecule has 0 unspecified atom stereocenters. The van der Waals surface area contributed by atoms with Crippen molar-refractivity contribution in [3.63, 3.8) is 0 Å². The number of nitrogens with one attached hydrogen (secondary N) is 4. The molecule has 3 aromatic carbocycles. The molecule has 0 radical (unpaired) electrons. The molecule has 396 valence electrons. The molecule has 4 saturated heterocycles. The third-order valence-corrected chi connectivity index (χ3v) is 17.7. The summed E-state index contributed by atoms with van der Waals surface area (Å²) in [5, 5.41) is 8.14. The van der Waals surface area contributed by atoms with Crippen LogP contribution in [-0.2, 0) is 33.3 Å². The standard InChI is InChI=1S/C52H69F2N9O9S/c1-30(69-3)44(58-51(67)71-5)49(65)61-21-9-11-42(61)47-56-38-18-15-33(27-39(38)57-47)41-20-19-40(63(41)35-28-36(53)46(37(54)29-35)60-23-25-73(7,8)26-24-60)32-13-16-34(17-14-32)55-48(64)43-12-10-22-62(43)50(66)45(31(2)70-4)59-52(68)72-6/h13-18,27-31,40-45H,9-12,19-26H2,1-8H3,(H,55,64)(H,56,57)(H,58,67)(H,59,68)/t30-,31-,40-,41-,42+,43+,44+,45+/m1/s1. The Kier molecular flexibility index (Phi) is 16.4. The van der Waals surface area contributed by atoms with Crippen molar-refractivity contribution in [2.75, 3.05) is 93.8 Å². The maximum absolute atomic E-state index is 16.5. The summed E-state index contributed by atoms with van der Waals surface area (Å²) in [4.78, 5) is 81.4. The van der Waals surface area contributed by atoms with Gasteiger partial charge >= 0.3 is 12.2 Å². The quantitative estimate of drug-likeness (QED) is 0.0960. The molecule has 5 amide bonds. The lowest BCUT2D eigenvalue weighted by molar-refractivity contribution is -0.141. The first-order valence-electron chi connectivity index (χ1n) is 24.9. The Morgan fingerprint density at radius 3 is 1.84 bits per heavy atom. The highest BCUT2D eigenvalue weighted by atomic mass is 32.3. The number of H-pyrrole nitrogens is 1. The Labute approximate surface area is 426 Å². The van der Waals surface area contributed by atoms with Gasteiger partial charge in [0.05, 0.1) is 55.6 Å². The SMILES string of the molecule is COC(=O)N[C@H](C(=O)N1CCC[C@H]1C(=O)Nc1ccc([C@H]2CC[C@H](c3ccc4nc([C@@H]5CCCN5C(=O)[C@@H](NC(=O)OC)[C@@H](C)OC)[nH]c4c3)N2c2cc(F)c(N3CCS(C)(C)CC3)c(F)c2)cc1)[C@@H](C)OC. The summed E-state index contributed by atoms with van der Waals surface area (Å²) in [7, 11) is 4.52. The van der Waals surface area contributed by atoms with Gasteiger partial charge in [-0.25, -0.2) is 33.4 Å². The Morgan fingerprint density at radius 1 is 0.699 bits per heavy atom. The third-order valence-electron chi connectivity index (χ3n) is 15.1. The molecule has 8 atom stereocenters. The van der Waals surface area contributed by atoms with E-state index >= 15 is 8.78 Å². The van der Waals surface area contributed by atoms with Gasteiger partial charge in [-0.2, -0.15) is 0 Å². The van der Waals surface area contributed by atoms with Crippen LogP contribution in [0.2, 0.25) is 0 Å². The Bertz CT molecular complexity index is 2640. The number of likely N-dealkylation sites (tertiary alicyclic amines) is 2. The smallest absolute Gasteiger partial charge is 0.407 e. The monoisotopic (exact) mass is 1030 g/mol. The van der Waals surface area contributed by atoms with E-state index in [9.17, 15) is 24.0 Å². The Morgan fingerprint density at radius 2 is 1.25 bits per heavy atom. The molecule has 5 heterocycles. The van der Waals surface area contributed by atoms with Crippen molar-refractivity contribution in [1.29, 1.82) is 0 Å². The summed E-state index contributed by atoms with van der Waals surface area (Å²) in [5.74, 6) is 0.00338. The second-order valence-electron chi connectivity index (χ2n) is 19.9. The highest BCUT2D eigenvalue weighted by Gasteiger charge is 2.42. The van der Waals surface area contributed by atoms with E-state index < -0.39 is 76.1 Å². The maximum Gasteiger partial charge on any atom is 0.407 e. The van der Waals surface area contributed by atoms with Gasteiger partial charge in [-0.05, 0) is 124 Å². The largest absolute Gasteiger partial charge is 0.453 e. The van der Waals surface area contributed by atoms with Crippen molar-refractivity contribution in [3.05, 3.63) is 83.2 Å². The van der Waals surface area contributed by atoms with Crippen LogP contribution in [0.5, 0.6) is 0 Å². The highest BCUT2D eigenvalue weighted by molar-refractivity contribution is 8.32. The van der Waals surface area contributed by atoms with E-state index in [1.54, 1.807) is 30.9 Å². The molecule has 18 nitrogen and oxygen atoms in total. The Balaban J connectivity index is 1.06. The molecule has 4 aliphatic heterocycles. The van der Waals surface area contributed by atoms with Gasteiger partial charge in [-0.1, -0.05) is 18.2 Å². The van der Waals surface area contributed by atoms with Crippen molar-refractivity contribution in [2.24, 2.45) is 0 Å². The number of carbonyl (C=O) groups excluding carboxylic acids is 5. The predicted molar refractivity (Wildman–Crippen MR) is 276 cm³/mol. The second-order valence-corrected chi connectivity index (χ2v) is 24.3. The van der Waals surface area contributed by atoms with Crippen LogP contribution in [0.1, 0.15) is 87.4 Å². The minimum atomic E-state index is -1.07. The van der Waals surface area contributed by atoms with Crippen molar-refractivity contribution < 1.29 is 51.7 Å². The number of imidazole rings is 1. The third kappa shape index (κ3) is 11.3. The van der Waals surface area contributed by atoms with Gasteiger partial charge in [0.25, 0.3) is 0 Å². The minimum Gasteiger partial charge on any atom is -0.453 e. The molecule has 8 rings (SSSR count). The van der Waals surface area contributed by atoms with Crippen molar-refractivity contribution >= 4 is 68.0 Å². The number of anilines is 3. The summed E-state index contributed by atoms with van der Waals surface area (Å²) in [6.45, 7) is 5.31. The zero-order valence-corrected chi connectivity index (χ0v) is 43.7. The summed E-state index contributed by atoms with van der Waals surface area (Å²) >= 11 is 0.